The van der Waals surface area contributed by atoms with Crippen molar-refractivity contribution in [2.75, 3.05) is 19.6 Å². The van der Waals surface area contributed by atoms with Crippen LogP contribution in [0.5, 0.6) is 0 Å². The van der Waals surface area contributed by atoms with E-state index in [9.17, 15) is 9.59 Å². The number of amides is 2. The second-order valence-corrected chi connectivity index (χ2v) is 6.69. The quantitative estimate of drug-likeness (QED) is 0.829. The summed E-state index contributed by atoms with van der Waals surface area (Å²) in [6, 6.07) is 3.95. The number of carbonyl (C=O) groups excluding carboxylic acids is 2. The number of nitrogens with zero attached hydrogens (tertiary/aromatic N) is 5. The lowest BCUT2D eigenvalue weighted by Crippen LogP contribution is -2.42. The van der Waals surface area contributed by atoms with Crippen molar-refractivity contribution in [3.63, 3.8) is 0 Å². The fourth-order valence-electron chi connectivity index (χ4n) is 3.70. The van der Waals surface area contributed by atoms with Gasteiger partial charge in [0, 0.05) is 26.1 Å². The van der Waals surface area contributed by atoms with Crippen LogP contribution in [0.25, 0.3) is 0 Å². The molecule has 4 heterocycles. The van der Waals surface area contributed by atoms with E-state index >= 15 is 0 Å². The predicted octanol–water partition coefficient (Wildman–Crippen LogP) is 1.08. The van der Waals surface area contributed by atoms with Gasteiger partial charge in [0.2, 0.25) is 11.8 Å². The Morgan fingerprint density at radius 2 is 2.16 bits per heavy atom. The monoisotopic (exact) mass is 343 g/mol. The van der Waals surface area contributed by atoms with Gasteiger partial charge in [0.25, 0.3) is 0 Å². The minimum absolute atomic E-state index is 0.0206. The number of likely N-dealkylation sites (tertiary alicyclic amines) is 2. The maximum atomic E-state index is 12.8. The molecule has 0 radical (unpaired) electrons. The smallest absolute Gasteiger partial charge is 0.227 e. The molecule has 0 N–H and O–H groups in total. The lowest BCUT2D eigenvalue weighted by Gasteiger charge is -2.33. The Morgan fingerprint density at radius 3 is 2.84 bits per heavy atom. The summed E-state index contributed by atoms with van der Waals surface area (Å²) in [6.45, 7) is 2.31. The first-order valence-corrected chi connectivity index (χ1v) is 8.64. The second-order valence-electron chi connectivity index (χ2n) is 6.69. The Bertz CT molecular complexity index is 720. The lowest BCUT2D eigenvalue weighted by molar-refractivity contribution is -0.137. The first-order valence-electron chi connectivity index (χ1n) is 8.64. The SMILES string of the molecule is O=C1CC(C(=O)N2CCC(n3cncn3)CC2)CN1Cc1ccco1. The zero-order valence-electron chi connectivity index (χ0n) is 14.0. The molecule has 132 valence electrons. The molecule has 2 aromatic heterocycles. The van der Waals surface area contributed by atoms with Crippen LogP contribution in [0.2, 0.25) is 0 Å². The Labute approximate surface area is 145 Å². The average molecular weight is 343 g/mol. The van der Waals surface area contributed by atoms with Gasteiger partial charge in [0.1, 0.15) is 18.4 Å². The van der Waals surface area contributed by atoms with Crippen molar-refractivity contribution >= 4 is 11.8 Å². The summed E-state index contributed by atoms with van der Waals surface area (Å²) in [4.78, 5) is 32.6. The molecule has 2 aliphatic heterocycles. The maximum absolute atomic E-state index is 12.8. The molecule has 1 unspecified atom stereocenters. The highest BCUT2D eigenvalue weighted by atomic mass is 16.3. The van der Waals surface area contributed by atoms with Crippen LogP contribution in [-0.2, 0) is 16.1 Å². The average Bonchev–Trinajstić information content (AvgIpc) is 3.38. The summed E-state index contributed by atoms with van der Waals surface area (Å²) in [5.41, 5.74) is 0. The molecule has 8 nitrogen and oxygen atoms in total. The Balaban J connectivity index is 1.32. The first-order chi connectivity index (χ1) is 12.2. The van der Waals surface area contributed by atoms with E-state index in [1.54, 1.807) is 23.6 Å². The molecule has 4 rings (SSSR count). The Kier molecular flexibility index (Phi) is 4.25. The molecule has 1 atom stereocenters. The van der Waals surface area contributed by atoms with Crippen LogP contribution >= 0.6 is 0 Å². The molecule has 0 aromatic carbocycles. The van der Waals surface area contributed by atoms with Gasteiger partial charge in [-0.3, -0.25) is 9.59 Å². The molecule has 2 saturated heterocycles. The van der Waals surface area contributed by atoms with E-state index in [1.807, 2.05) is 15.6 Å². The normalized spacial score (nSPS) is 21.9. The summed E-state index contributed by atoms with van der Waals surface area (Å²) < 4.78 is 7.17. The topological polar surface area (TPSA) is 84.5 Å². The molecular weight excluding hydrogens is 322 g/mol. The van der Waals surface area contributed by atoms with Crippen LogP contribution in [0.3, 0.4) is 0 Å². The third-order valence-electron chi connectivity index (χ3n) is 5.08. The number of hydrogen-bond donors (Lipinski definition) is 0. The molecular formula is C17H21N5O3. The summed E-state index contributed by atoms with van der Waals surface area (Å²) in [6.07, 6.45) is 6.89. The first kappa shape index (κ1) is 15.9. The third-order valence-corrected chi connectivity index (χ3v) is 5.08. The number of furan rings is 1. The van der Waals surface area contributed by atoms with Crippen molar-refractivity contribution in [3.05, 3.63) is 36.8 Å². The summed E-state index contributed by atoms with van der Waals surface area (Å²) in [5, 5.41) is 4.18. The standard InChI is InChI=1S/C17H21N5O3/c23-16-8-13(9-21(16)10-15-2-1-7-25-15)17(24)20-5-3-14(4-6-20)22-12-18-11-19-22/h1-2,7,11-14H,3-6,8-10H2. The van der Waals surface area contributed by atoms with Gasteiger partial charge in [-0.25, -0.2) is 9.67 Å². The van der Waals surface area contributed by atoms with E-state index < -0.39 is 0 Å². The summed E-state index contributed by atoms with van der Waals surface area (Å²) in [7, 11) is 0. The van der Waals surface area contributed by atoms with E-state index in [-0.39, 0.29) is 17.7 Å². The highest BCUT2D eigenvalue weighted by Crippen LogP contribution is 2.26. The maximum Gasteiger partial charge on any atom is 0.227 e. The summed E-state index contributed by atoms with van der Waals surface area (Å²) in [5.74, 6) is 0.611. The fraction of sp³-hybridized carbons (Fsp3) is 0.529. The zero-order valence-corrected chi connectivity index (χ0v) is 14.0. The Hall–Kier alpha value is -2.64. The minimum Gasteiger partial charge on any atom is -0.467 e. The van der Waals surface area contributed by atoms with Crippen molar-refractivity contribution in [3.8, 4) is 0 Å². The van der Waals surface area contributed by atoms with Crippen molar-refractivity contribution < 1.29 is 14.0 Å². The van der Waals surface area contributed by atoms with Gasteiger partial charge < -0.3 is 14.2 Å². The van der Waals surface area contributed by atoms with E-state index in [2.05, 4.69) is 10.1 Å². The number of rotatable bonds is 4. The van der Waals surface area contributed by atoms with Crippen molar-refractivity contribution in [2.45, 2.75) is 31.8 Å². The molecule has 2 amide bonds. The van der Waals surface area contributed by atoms with Crippen molar-refractivity contribution in [1.82, 2.24) is 24.6 Å². The molecule has 25 heavy (non-hydrogen) atoms. The van der Waals surface area contributed by atoms with Crippen molar-refractivity contribution in [1.29, 1.82) is 0 Å². The van der Waals surface area contributed by atoms with Gasteiger partial charge in [-0.2, -0.15) is 5.10 Å². The highest BCUT2D eigenvalue weighted by molar-refractivity contribution is 5.89. The van der Waals surface area contributed by atoms with E-state index in [0.29, 0.717) is 38.6 Å². The molecule has 0 aliphatic carbocycles. The van der Waals surface area contributed by atoms with Crippen LogP contribution in [0.15, 0.2) is 35.5 Å². The molecule has 8 heteroatoms. The third kappa shape index (κ3) is 3.29. The van der Waals surface area contributed by atoms with Gasteiger partial charge in [-0.15, -0.1) is 0 Å². The Morgan fingerprint density at radius 1 is 1.32 bits per heavy atom. The van der Waals surface area contributed by atoms with Crippen LogP contribution < -0.4 is 0 Å². The van der Waals surface area contributed by atoms with Gasteiger partial charge in [-0.05, 0) is 25.0 Å². The van der Waals surface area contributed by atoms with Gasteiger partial charge >= 0.3 is 0 Å². The van der Waals surface area contributed by atoms with Gasteiger partial charge in [0.05, 0.1) is 24.8 Å². The van der Waals surface area contributed by atoms with E-state index in [4.69, 9.17) is 4.42 Å². The molecule has 0 spiro atoms. The van der Waals surface area contributed by atoms with Crippen LogP contribution in [0, 0.1) is 5.92 Å². The van der Waals surface area contributed by atoms with E-state index in [0.717, 1.165) is 18.6 Å². The minimum atomic E-state index is -0.245. The number of carbonyl (C=O) groups is 2. The largest absolute Gasteiger partial charge is 0.467 e. The molecule has 2 aromatic rings. The van der Waals surface area contributed by atoms with Gasteiger partial charge in [-0.1, -0.05) is 0 Å². The van der Waals surface area contributed by atoms with Crippen LogP contribution in [-0.4, -0.2) is 56.0 Å². The molecule has 2 aliphatic rings. The second kappa shape index (κ2) is 6.70. The highest BCUT2D eigenvalue weighted by Gasteiger charge is 2.37. The van der Waals surface area contributed by atoms with E-state index in [1.165, 1.54) is 6.33 Å². The number of piperidine rings is 1. The number of hydrogen-bond acceptors (Lipinski definition) is 5. The van der Waals surface area contributed by atoms with Crippen LogP contribution in [0.4, 0.5) is 0 Å². The van der Waals surface area contributed by atoms with Crippen molar-refractivity contribution in [2.24, 2.45) is 5.92 Å². The van der Waals surface area contributed by atoms with Gasteiger partial charge in [0.15, 0.2) is 0 Å². The predicted molar refractivity (Wildman–Crippen MR) is 87.1 cm³/mol. The number of aromatic nitrogens is 3. The molecule has 2 fully saturated rings. The fourth-order valence-corrected chi connectivity index (χ4v) is 3.70. The summed E-state index contributed by atoms with van der Waals surface area (Å²) >= 11 is 0. The van der Waals surface area contributed by atoms with Crippen LogP contribution in [0.1, 0.15) is 31.1 Å². The molecule has 0 bridgehead atoms. The lowest BCUT2D eigenvalue weighted by atomic mass is 10.0. The zero-order chi connectivity index (χ0) is 17.2. The molecule has 0 saturated carbocycles.